The number of anilines is 1. The molecule has 2 aliphatic carbocycles. The molecule has 2 saturated carbocycles. The highest BCUT2D eigenvalue weighted by Gasteiger charge is 2.45. The highest BCUT2D eigenvalue weighted by atomic mass is 16.3. The number of para-hydroxylation sites is 1. The van der Waals surface area contributed by atoms with Gasteiger partial charge in [0.25, 0.3) is 5.95 Å². The number of fused-ring (bicyclic) bond motifs is 3. The highest BCUT2D eigenvalue weighted by molar-refractivity contribution is 5.91. The summed E-state index contributed by atoms with van der Waals surface area (Å²) in [6.45, 7) is 0.357. The monoisotopic (exact) mass is 570 g/mol. The number of aromatic amines is 2. The zero-order valence-corrected chi connectivity index (χ0v) is 23.6. The second-order valence-electron chi connectivity index (χ2n) is 11.9. The van der Waals surface area contributed by atoms with Gasteiger partial charge >= 0.3 is 0 Å². The van der Waals surface area contributed by atoms with Crippen molar-refractivity contribution in [2.75, 3.05) is 11.9 Å². The molecule has 0 spiro atoms. The number of rotatable bonds is 11. The Balaban J connectivity index is 1.23. The highest BCUT2D eigenvalue weighted by Crippen LogP contribution is 2.49. The Kier molecular flexibility index (Phi) is 8.07. The SMILES string of the molecule is O=C(NC(CNc1nn[nH]n1)Cc1c[nH]c2ccccc12)C(Cc1ccc(O)cc1)NC(=O)C12CCCC(CCC1)C2. The molecule has 11 heteroatoms. The van der Waals surface area contributed by atoms with Gasteiger partial charge < -0.3 is 26.0 Å². The molecule has 2 aliphatic rings. The van der Waals surface area contributed by atoms with Crippen LogP contribution in [0.3, 0.4) is 0 Å². The van der Waals surface area contributed by atoms with E-state index in [0.29, 0.717) is 31.3 Å². The number of carbonyl (C=O) groups excluding carboxylic acids is 2. The summed E-state index contributed by atoms with van der Waals surface area (Å²) in [6, 6.07) is 13.7. The maximum Gasteiger partial charge on any atom is 0.263 e. The largest absolute Gasteiger partial charge is 0.508 e. The fourth-order valence-electron chi connectivity index (χ4n) is 6.89. The summed E-state index contributed by atoms with van der Waals surface area (Å²) in [4.78, 5) is 31.2. The Morgan fingerprint density at radius 3 is 2.57 bits per heavy atom. The molecule has 11 nitrogen and oxygen atoms in total. The van der Waals surface area contributed by atoms with E-state index in [4.69, 9.17) is 0 Å². The third-order valence-electron chi connectivity index (χ3n) is 9.03. The number of hydrogen-bond acceptors (Lipinski definition) is 7. The number of H-pyrrole nitrogens is 2. The molecular weight excluding hydrogens is 532 g/mol. The summed E-state index contributed by atoms with van der Waals surface area (Å²) in [6.07, 6.45) is 9.98. The van der Waals surface area contributed by atoms with E-state index in [9.17, 15) is 14.7 Å². The number of aromatic hydroxyl groups is 1. The van der Waals surface area contributed by atoms with E-state index in [1.807, 2.05) is 24.4 Å². The van der Waals surface area contributed by atoms with Crippen LogP contribution in [0.2, 0.25) is 0 Å². The second kappa shape index (κ2) is 12.2. The van der Waals surface area contributed by atoms with Gasteiger partial charge in [0.15, 0.2) is 0 Å². The van der Waals surface area contributed by atoms with Gasteiger partial charge in [-0.3, -0.25) is 9.59 Å². The lowest BCUT2D eigenvalue weighted by atomic mass is 9.61. The average molecular weight is 571 g/mol. The summed E-state index contributed by atoms with van der Waals surface area (Å²) >= 11 is 0. The molecule has 2 heterocycles. The molecular formula is C31H38N8O3. The molecule has 2 aromatic carbocycles. The number of benzene rings is 2. The average Bonchev–Trinajstić information content (AvgIpc) is 3.67. The Labute approximate surface area is 244 Å². The van der Waals surface area contributed by atoms with E-state index in [1.54, 1.807) is 24.3 Å². The van der Waals surface area contributed by atoms with Crippen LogP contribution in [0.15, 0.2) is 54.7 Å². The van der Waals surface area contributed by atoms with Crippen LogP contribution in [0.25, 0.3) is 10.9 Å². The van der Waals surface area contributed by atoms with Gasteiger partial charge in [-0.2, -0.15) is 5.21 Å². The van der Waals surface area contributed by atoms with Crippen molar-refractivity contribution in [1.82, 2.24) is 36.2 Å². The van der Waals surface area contributed by atoms with E-state index in [-0.39, 0.29) is 23.6 Å². The number of tetrazole rings is 1. The molecule has 2 atom stereocenters. The number of carbonyl (C=O) groups is 2. The van der Waals surface area contributed by atoms with Crippen molar-refractivity contribution in [2.45, 2.75) is 69.9 Å². The van der Waals surface area contributed by atoms with Crippen LogP contribution in [0, 0.1) is 11.3 Å². The predicted molar refractivity (Wildman–Crippen MR) is 159 cm³/mol. The fraction of sp³-hybridized carbons (Fsp3) is 0.452. The maximum absolute atomic E-state index is 14.0. The standard InChI is InChI=1S/C31H38N8O3/c40-24-11-9-20(10-12-24)15-27(35-29(42)31-13-3-5-21(17-31)6-4-14-31)28(41)34-23(19-33-30-36-38-39-37-30)16-22-18-32-26-8-2-1-7-25(22)26/h1-2,7-12,18,21,23,27,32,40H,3-6,13-17,19H2,(H,34,41)(H,35,42)(H2,33,36,37,38,39). The van der Waals surface area contributed by atoms with Gasteiger partial charge in [-0.15, -0.1) is 5.10 Å². The lowest BCUT2D eigenvalue weighted by Crippen LogP contribution is -2.56. The Morgan fingerprint density at radius 2 is 1.81 bits per heavy atom. The molecule has 2 bridgehead atoms. The number of nitrogens with one attached hydrogen (secondary N) is 5. The summed E-state index contributed by atoms with van der Waals surface area (Å²) in [5.74, 6) is 0.828. The van der Waals surface area contributed by atoms with E-state index >= 15 is 0 Å². The lowest BCUT2D eigenvalue weighted by Gasteiger charge is -2.44. The van der Waals surface area contributed by atoms with Gasteiger partial charge in [0.1, 0.15) is 11.8 Å². The van der Waals surface area contributed by atoms with Crippen LogP contribution < -0.4 is 16.0 Å². The molecule has 2 amide bonds. The number of phenols is 1. The van der Waals surface area contributed by atoms with Crippen LogP contribution >= 0.6 is 0 Å². The van der Waals surface area contributed by atoms with Crippen molar-refractivity contribution >= 4 is 28.7 Å². The molecule has 0 radical (unpaired) electrons. The third kappa shape index (κ3) is 6.24. The van der Waals surface area contributed by atoms with Crippen LogP contribution in [0.5, 0.6) is 5.75 Å². The van der Waals surface area contributed by atoms with Gasteiger partial charge in [-0.05, 0) is 66.1 Å². The first-order valence-electron chi connectivity index (χ1n) is 14.9. The molecule has 6 N–H and O–H groups in total. The van der Waals surface area contributed by atoms with E-state index in [1.165, 1.54) is 12.8 Å². The summed E-state index contributed by atoms with van der Waals surface area (Å²) in [5, 5.41) is 34.4. The molecule has 4 aromatic rings. The third-order valence-corrected chi connectivity index (χ3v) is 9.03. The first-order valence-corrected chi connectivity index (χ1v) is 14.9. The molecule has 42 heavy (non-hydrogen) atoms. The minimum absolute atomic E-state index is 0.0103. The van der Waals surface area contributed by atoms with Crippen LogP contribution in [-0.4, -0.2) is 61.2 Å². The molecule has 0 aliphatic heterocycles. The zero-order valence-electron chi connectivity index (χ0n) is 23.6. The maximum atomic E-state index is 14.0. The van der Waals surface area contributed by atoms with E-state index in [2.05, 4.69) is 47.6 Å². The molecule has 2 unspecified atom stereocenters. The first-order chi connectivity index (χ1) is 20.5. The second-order valence-corrected chi connectivity index (χ2v) is 11.9. The fourth-order valence-corrected chi connectivity index (χ4v) is 6.89. The molecule has 6 rings (SSSR count). The first kappa shape index (κ1) is 27.7. The summed E-state index contributed by atoms with van der Waals surface area (Å²) in [7, 11) is 0. The van der Waals surface area contributed by atoms with Crippen LogP contribution in [-0.2, 0) is 22.4 Å². The molecule has 220 valence electrons. The topological polar surface area (TPSA) is 161 Å². The van der Waals surface area contributed by atoms with E-state index < -0.39 is 11.5 Å². The van der Waals surface area contributed by atoms with Gasteiger partial charge in [0.2, 0.25) is 11.8 Å². The predicted octanol–water partition coefficient (Wildman–Crippen LogP) is 3.61. The Bertz CT molecular complexity index is 1490. The van der Waals surface area contributed by atoms with Crippen molar-refractivity contribution in [1.29, 1.82) is 0 Å². The summed E-state index contributed by atoms with van der Waals surface area (Å²) in [5.41, 5.74) is 2.56. The number of phenolic OH excluding ortho intramolecular Hbond substituents is 1. The minimum atomic E-state index is -0.769. The summed E-state index contributed by atoms with van der Waals surface area (Å²) < 4.78 is 0. The quantitative estimate of drug-likeness (QED) is 0.161. The van der Waals surface area contributed by atoms with Gasteiger partial charge in [0.05, 0.1) is 6.04 Å². The van der Waals surface area contributed by atoms with Gasteiger partial charge in [-0.25, -0.2) is 0 Å². The Hall–Kier alpha value is -4.41. The smallest absolute Gasteiger partial charge is 0.263 e. The van der Waals surface area contributed by atoms with Crippen molar-refractivity contribution in [3.05, 3.63) is 65.9 Å². The van der Waals surface area contributed by atoms with Crippen LogP contribution in [0.4, 0.5) is 5.95 Å². The number of amides is 2. The Morgan fingerprint density at radius 1 is 1.02 bits per heavy atom. The van der Waals surface area contributed by atoms with Crippen molar-refractivity contribution < 1.29 is 14.7 Å². The van der Waals surface area contributed by atoms with Crippen LogP contribution in [0.1, 0.15) is 56.1 Å². The normalized spacial score (nSPS) is 21.4. The number of nitrogens with zero attached hydrogens (tertiary/aromatic N) is 3. The van der Waals surface area contributed by atoms with Crippen molar-refractivity contribution in [3.63, 3.8) is 0 Å². The zero-order chi connectivity index (χ0) is 28.9. The number of aromatic nitrogens is 5. The molecule has 2 fully saturated rings. The van der Waals surface area contributed by atoms with Gasteiger partial charge in [0, 0.05) is 35.5 Å². The van der Waals surface area contributed by atoms with Crippen molar-refractivity contribution in [2.24, 2.45) is 11.3 Å². The van der Waals surface area contributed by atoms with E-state index in [0.717, 1.165) is 54.1 Å². The molecule has 2 aromatic heterocycles. The van der Waals surface area contributed by atoms with Crippen molar-refractivity contribution in [3.8, 4) is 5.75 Å². The lowest BCUT2D eigenvalue weighted by molar-refractivity contribution is -0.139. The van der Waals surface area contributed by atoms with Gasteiger partial charge in [-0.1, -0.05) is 61.1 Å². The number of hydrogen-bond donors (Lipinski definition) is 6. The minimum Gasteiger partial charge on any atom is -0.508 e. The molecule has 0 saturated heterocycles.